The lowest BCUT2D eigenvalue weighted by atomic mass is 9.92. The van der Waals surface area contributed by atoms with E-state index >= 15 is 0 Å². The summed E-state index contributed by atoms with van der Waals surface area (Å²) in [6, 6.07) is 1.31. The van der Waals surface area contributed by atoms with Gasteiger partial charge in [-0.3, -0.25) is 4.99 Å². The van der Waals surface area contributed by atoms with Gasteiger partial charge in [-0.2, -0.15) is 0 Å². The van der Waals surface area contributed by atoms with Gasteiger partial charge in [-0.25, -0.2) is 0 Å². The van der Waals surface area contributed by atoms with Crippen molar-refractivity contribution in [3.63, 3.8) is 0 Å². The minimum absolute atomic E-state index is 0.619. The van der Waals surface area contributed by atoms with E-state index in [1.807, 2.05) is 13.8 Å². The first-order chi connectivity index (χ1) is 5.86. The van der Waals surface area contributed by atoms with E-state index in [9.17, 15) is 0 Å². The molecule has 1 N–H and O–H groups in total. The van der Waals surface area contributed by atoms with Gasteiger partial charge in [0.2, 0.25) is 0 Å². The summed E-state index contributed by atoms with van der Waals surface area (Å²) in [5, 5.41) is 3.41. The second kappa shape index (κ2) is 4.48. The van der Waals surface area contributed by atoms with Crippen LogP contribution >= 0.6 is 0 Å². The lowest BCUT2D eigenvalue weighted by Gasteiger charge is -2.23. The summed E-state index contributed by atoms with van der Waals surface area (Å²) in [6.07, 6.45) is 5.39. The summed E-state index contributed by atoms with van der Waals surface area (Å²) in [6.45, 7) is 6.07. The summed E-state index contributed by atoms with van der Waals surface area (Å²) < 4.78 is 0. The van der Waals surface area contributed by atoms with Crippen molar-refractivity contribution in [2.75, 3.05) is 0 Å². The van der Waals surface area contributed by atoms with Crippen LogP contribution in [-0.4, -0.2) is 17.9 Å². The first kappa shape index (κ1) is 9.56. The molecule has 1 fully saturated rings. The van der Waals surface area contributed by atoms with Gasteiger partial charge in [0.1, 0.15) is 0 Å². The Morgan fingerprint density at radius 3 is 2.58 bits per heavy atom. The normalized spacial score (nSPS) is 32.4. The van der Waals surface area contributed by atoms with E-state index in [1.54, 1.807) is 0 Å². The van der Waals surface area contributed by atoms with Crippen molar-refractivity contribution >= 4 is 5.84 Å². The average Bonchev–Trinajstić information content (AvgIpc) is 2.48. The maximum Gasteiger partial charge on any atom is 0.0938 e. The predicted molar refractivity (Wildman–Crippen MR) is 53.6 cm³/mol. The monoisotopic (exact) mass is 168 g/mol. The van der Waals surface area contributed by atoms with Crippen molar-refractivity contribution in [1.29, 1.82) is 0 Å². The fraction of sp³-hybridized carbons (Fsp3) is 0.900. The molecule has 1 aliphatic heterocycles. The Hall–Kier alpha value is -0.530. The van der Waals surface area contributed by atoms with Crippen molar-refractivity contribution in [3.05, 3.63) is 0 Å². The van der Waals surface area contributed by atoms with Gasteiger partial charge in [0.05, 0.1) is 11.9 Å². The van der Waals surface area contributed by atoms with Crippen LogP contribution < -0.4 is 5.32 Å². The van der Waals surface area contributed by atoms with Crippen LogP contribution in [0.15, 0.2) is 4.99 Å². The molecule has 2 heteroatoms. The second-order valence-corrected chi connectivity index (χ2v) is 3.32. The van der Waals surface area contributed by atoms with Gasteiger partial charge in [-0.15, -0.1) is 0 Å². The standard InChI is InChI=1S/C8H14N2.C2H6/c1-6-9-7-4-2-3-5-8(7)10-6;1-2/h7-8H,2-5H2,1H3,(H,9,10);1-2H3/t7-,8+;. The molecular formula is C10H20N2. The van der Waals surface area contributed by atoms with Crippen LogP contribution in [0.5, 0.6) is 0 Å². The molecule has 1 heterocycles. The third-order valence-electron chi connectivity index (χ3n) is 2.48. The SMILES string of the molecule is CC.CC1=N[C@@H]2CCCC[C@@H]2N1. The lowest BCUT2D eigenvalue weighted by molar-refractivity contribution is 0.384. The van der Waals surface area contributed by atoms with E-state index in [2.05, 4.69) is 17.2 Å². The van der Waals surface area contributed by atoms with Crippen molar-refractivity contribution < 1.29 is 0 Å². The summed E-state index contributed by atoms with van der Waals surface area (Å²) in [5.74, 6) is 1.15. The van der Waals surface area contributed by atoms with E-state index in [4.69, 9.17) is 0 Å². The van der Waals surface area contributed by atoms with Crippen molar-refractivity contribution in [3.8, 4) is 0 Å². The number of hydrogen-bond acceptors (Lipinski definition) is 2. The third kappa shape index (κ3) is 1.99. The third-order valence-corrected chi connectivity index (χ3v) is 2.48. The summed E-state index contributed by atoms with van der Waals surface area (Å²) >= 11 is 0. The van der Waals surface area contributed by atoms with Crippen molar-refractivity contribution in [1.82, 2.24) is 5.32 Å². The molecule has 1 saturated carbocycles. The molecule has 2 nitrogen and oxygen atoms in total. The molecule has 70 valence electrons. The molecule has 0 aromatic rings. The minimum atomic E-state index is 0.619. The van der Waals surface area contributed by atoms with Crippen molar-refractivity contribution in [2.24, 2.45) is 4.99 Å². The summed E-state index contributed by atoms with van der Waals surface area (Å²) in [5.41, 5.74) is 0. The van der Waals surface area contributed by atoms with Crippen LogP contribution in [0.1, 0.15) is 46.5 Å². The summed E-state index contributed by atoms with van der Waals surface area (Å²) in [7, 11) is 0. The van der Waals surface area contributed by atoms with Gasteiger partial charge in [0.15, 0.2) is 0 Å². The Morgan fingerprint density at radius 1 is 1.25 bits per heavy atom. The molecule has 2 rings (SSSR count). The Balaban J connectivity index is 0.000000336. The Bertz CT molecular complexity index is 163. The summed E-state index contributed by atoms with van der Waals surface area (Å²) in [4.78, 5) is 4.52. The zero-order valence-corrected chi connectivity index (χ0v) is 8.43. The van der Waals surface area contributed by atoms with E-state index in [1.165, 1.54) is 25.7 Å². The topological polar surface area (TPSA) is 24.4 Å². The van der Waals surface area contributed by atoms with Gasteiger partial charge in [-0.05, 0) is 19.8 Å². The molecule has 0 amide bonds. The Morgan fingerprint density at radius 2 is 1.92 bits per heavy atom. The predicted octanol–water partition coefficient (Wildman–Crippen LogP) is 2.35. The highest BCUT2D eigenvalue weighted by Crippen LogP contribution is 2.24. The maximum absolute atomic E-state index is 4.52. The fourth-order valence-corrected chi connectivity index (χ4v) is 1.99. The highest BCUT2D eigenvalue weighted by atomic mass is 15.1. The van der Waals surface area contributed by atoms with Crippen LogP contribution in [0.4, 0.5) is 0 Å². The molecule has 2 atom stereocenters. The van der Waals surface area contributed by atoms with Crippen molar-refractivity contribution in [2.45, 2.75) is 58.5 Å². The maximum atomic E-state index is 4.52. The van der Waals surface area contributed by atoms with E-state index in [-0.39, 0.29) is 0 Å². The minimum Gasteiger partial charge on any atom is -0.369 e. The average molecular weight is 168 g/mol. The zero-order valence-electron chi connectivity index (χ0n) is 8.43. The number of aliphatic imine (C=N–C) groups is 1. The first-order valence-corrected chi connectivity index (χ1v) is 5.17. The molecule has 1 aliphatic carbocycles. The quantitative estimate of drug-likeness (QED) is 0.590. The number of rotatable bonds is 0. The number of nitrogens with zero attached hydrogens (tertiary/aromatic N) is 1. The molecule has 0 saturated heterocycles. The molecule has 12 heavy (non-hydrogen) atoms. The number of hydrogen-bond donors (Lipinski definition) is 1. The van der Waals surface area contributed by atoms with Gasteiger partial charge in [0, 0.05) is 6.04 Å². The number of amidine groups is 1. The molecule has 0 spiro atoms. The fourth-order valence-electron chi connectivity index (χ4n) is 1.99. The Kier molecular flexibility index (Phi) is 3.57. The smallest absolute Gasteiger partial charge is 0.0938 e. The highest BCUT2D eigenvalue weighted by molar-refractivity contribution is 5.81. The van der Waals surface area contributed by atoms with Crippen LogP contribution in [-0.2, 0) is 0 Å². The number of fused-ring (bicyclic) bond motifs is 1. The van der Waals surface area contributed by atoms with Gasteiger partial charge in [-0.1, -0.05) is 26.7 Å². The molecular weight excluding hydrogens is 148 g/mol. The van der Waals surface area contributed by atoms with Gasteiger partial charge in [0.25, 0.3) is 0 Å². The van der Waals surface area contributed by atoms with Gasteiger partial charge >= 0.3 is 0 Å². The van der Waals surface area contributed by atoms with Gasteiger partial charge < -0.3 is 5.32 Å². The molecule has 0 aromatic heterocycles. The van der Waals surface area contributed by atoms with E-state index in [0.29, 0.717) is 12.1 Å². The largest absolute Gasteiger partial charge is 0.369 e. The molecule has 2 aliphatic rings. The van der Waals surface area contributed by atoms with Crippen LogP contribution in [0.25, 0.3) is 0 Å². The van der Waals surface area contributed by atoms with Crippen LogP contribution in [0, 0.1) is 0 Å². The zero-order chi connectivity index (χ0) is 8.97. The van der Waals surface area contributed by atoms with E-state index < -0.39 is 0 Å². The molecule has 0 radical (unpaired) electrons. The molecule has 0 aromatic carbocycles. The Labute approximate surface area is 75.5 Å². The van der Waals surface area contributed by atoms with Crippen LogP contribution in [0.2, 0.25) is 0 Å². The van der Waals surface area contributed by atoms with Crippen LogP contribution in [0.3, 0.4) is 0 Å². The first-order valence-electron chi connectivity index (χ1n) is 5.17. The molecule has 0 bridgehead atoms. The molecule has 0 unspecified atom stereocenters. The van der Waals surface area contributed by atoms with E-state index in [0.717, 1.165) is 5.84 Å². The highest BCUT2D eigenvalue weighted by Gasteiger charge is 2.28. The lowest BCUT2D eigenvalue weighted by Crippen LogP contribution is -2.35. The number of nitrogens with one attached hydrogen (secondary N) is 1. The second-order valence-electron chi connectivity index (χ2n) is 3.32.